The van der Waals surface area contributed by atoms with E-state index < -0.39 is 18.0 Å². The number of hydrogen-bond donors (Lipinski definition) is 2. The summed E-state index contributed by atoms with van der Waals surface area (Å²) in [5, 5.41) is 5.42. The average Bonchev–Trinajstić information content (AvgIpc) is 2.71. The summed E-state index contributed by atoms with van der Waals surface area (Å²) in [6.45, 7) is 4.54. The molecule has 0 saturated heterocycles. The molecule has 0 aliphatic rings. The Bertz CT molecular complexity index is 732. The number of urea groups is 1. The molecule has 28 heavy (non-hydrogen) atoms. The van der Waals surface area contributed by atoms with E-state index in [1.54, 1.807) is 31.2 Å². The Morgan fingerprint density at radius 2 is 1.71 bits per heavy atom. The highest BCUT2D eigenvalue weighted by molar-refractivity contribution is 5.92. The van der Waals surface area contributed by atoms with Crippen LogP contribution in [0.15, 0.2) is 54.6 Å². The Morgan fingerprint density at radius 3 is 2.36 bits per heavy atom. The van der Waals surface area contributed by atoms with Gasteiger partial charge in [-0.3, -0.25) is 0 Å². The zero-order valence-corrected chi connectivity index (χ0v) is 16.4. The van der Waals surface area contributed by atoms with Gasteiger partial charge in [0.1, 0.15) is 18.4 Å². The molecule has 6 heteroatoms. The molecule has 0 radical (unpaired) electrons. The molecule has 0 aromatic heterocycles. The molecule has 0 fully saturated rings. The Morgan fingerprint density at radius 1 is 1.00 bits per heavy atom. The highest BCUT2D eigenvalue weighted by Crippen LogP contribution is 2.17. The normalized spacial score (nSPS) is 11.4. The maximum atomic E-state index is 12.2. The van der Waals surface area contributed by atoms with Gasteiger partial charge in [0.25, 0.3) is 0 Å². The minimum Gasteiger partial charge on any atom is -0.489 e. The number of unbranched alkanes of at least 4 members (excludes halogenated alkanes) is 1. The second kappa shape index (κ2) is 11.6. The first-order valence-electron chi connectivity index (χ1n) is 9.63. The van der Waals surface area contributed by atoms with Crippen LogP contribution in [0.4, 0.5) is 10.5 Å². The van der Waals surface area contributed by atoms with Crippen LogP contribution in [0.3, 0.4) is 0 Å². The maximum absolute atomic E-state index is 12.2. The number of esters is 1. The molecule has 1 atom stereocenters. The van der Waals surface area contributed by atoms with Crippen LogP contribution in [0.1, 0.15) is 38.7 Å². The fraction of sp³-hybridized carbons (Fsp3) is 0.364. The molecule has 0 bridgehead atoms. The Hall–Kier alpha value is -3.02. The topological polar surface area (TPSA) is 76.7 Å². The van der Waals surface area contributed by atoms with Crippen molar-refractivity contribution in [3.63, 3.8) is 0 Å². The lowest BCUT2D eigenvalue weighted by molar-refractivity contribution is -0.145. The number of rotatable bonds is 10. The molecule has 1 unspecified atom stereocenters. The van der Waals surface area contributed by atoms with Gasteiger partial charge >= 0.3 is 12.0 Å². The van der Waals surface area contributed by atoms with Gasteiger partial charge in [0.05, 0.1) is 6.61 Å². The number of carbonyl (C=O) groups is 2. The number of benzene rings is 2. The molecular formula is C22H28N2O4. The van der Waals surface area contributed by atoms with Crippen LogP contribution in [0.5, 0.6) is 5.75 Å². The number of amides is 2. The first kappa shape index (κ1) is 21.3. The van der Waals surface area contributed by atoms with Gasteiger partial charge in [0, 0.05) is 5.69 Å². The molecule has 2 aromatic carbocycles. The van der Waals surface area contributed by atoms with E-state index in [0.29, 0.717) is 24.5 Å². The molecule has 0 spiro atoms. The lowest BCUT2D eigenvalue weighted by atomic mass is 10.1. The van der Waals surface area contributed by atoms with Crippen LogP contribution in [0, 0.1) is 0 Å². The first-order chi connectivity index (χ1) is 13.6. The predicted octanol–water partition coefficient (Wildman–Crippen LogP) is 4.51. The first-order valence-corrected chi connectivity index (χ1v) is 9.63. The third-order valence-electron chi connectivity index (χ3n) is 4.08. The number of anilines is 1. The maximum Gasteiger partial charge on any atom is 0.328 e. The molecule has 2 aromatic rings. The summed E-state index contributed by atoms with van der Waals surface area (Å²) in [7, 11) is 0. The van der Waals surface area contributed by atoms with E-state index in [0.717, 1.165) is 18.4 Å². The Balaban J connectivity index is 1.85. The van der Waals surface area contributed by atoms with Crippen molar-refractivity contribution in [1.29, 1.82) is 0 Å². The molecule has 6 nitrogen and oxygen atoms in total. The zero-order valence-electron chi connectivity index (χ0n) is 16.4. The van der Waals surface area contributed by atoms with E-state index in [1.807, 2.05) is 37.3 Å². The fourth-order valence-electron chi connectivity index (χ4n) is 2.60. The number of hydrogen-bond acceptors (Lipinski definition) is 4. The van der Waals surface area contributed by atoms with Crippen molar-refractivity contribution in [3.8, 4) is 5.75 Å². The highest BCUT2D eigenvalue weighted by Gasteiger charge is 2.21. The van der Waals surface area contributed by atoms with Gasteiger partial charge in [0.15, 0.2) is 0 Å². The van der Waals surface area contributed by atoms with Crippen LogP contribution >= 0.6 is 0 Å². The minimum atomic E-state index is -0.645. The lowest BCUT2D eigenvalue weighted by Crippen LogP contribution is -2.43. The molecule has 2 rings (SSSR count). The standard InChI is InChI=1S/C22H28N2O4/c1-3-5-11-20(21(25)27-4-2)24-22(26)23-18-12-14-19(15-13-18)28-16-17-9-7-6-8-10-17/h6-10,12-15,20H,3-5,11,16H2,1-2H3,(H2,23,24,26). The van der Waals surface area contributed by atoms with Crippen molar-refractivity contribution in [1.82, 2.24) is 5.32 Å². The summed E-state index contributed by atoms with van der Waals surface area (Å²) in [5.41, 5.74) is 1.70. The fourth-order valence-corrected chi connectivity index (χ4v) is 2.60. The summed E-state index contributed by atoms with van der Waals surface area (Å²) >= 11 is 0. The van der Waals surface area contributed by atoms with Gasteiger partial charge in [-0.15, -0.1) is 0 Å². The van der Waals surface area contributed by atoms with Crippen molar-refractivity contribution in [2.75, 3.05) is 11.9 Å². The van der Waals surface area contributed by atoms with Crippen LogP contribution in [0.2, 0.25) is 0 Å². The minimum absolute atomic E-state index is 0.287. The molecule has 2 amide bonds. The van der Waals surface area contributed by atoms with Gasteiger partial charge in [-0.05, 0) is 43.2 Å². The summed E-state index contributed by atoms with van der Waals surface area (Å²) in [4.78, 5) is 24.2. The second-order valence-corrected chi connectivity index (χ2v) is 6.34. The molecule has 150 valence electrons. The summed E-state index contributed by atoms with van der Waals surface area (Å²) in [6, 6.07) is 15.9. The third kappa shape index (κ3) is 7.31. The lowest BCUT2D eigenvalue weighted by Gasteiger charge is -2.17. The molecule has 0 saturated carbocycles. The Labute approximate surface area is 166 Å². The van der Waals surface area contributed by atoms with Crippen LogP contribution < -0.4 is 15.4 Å². The highest BCUT2D eigenvalue weighted by atomic mass is 16.5. The quantitative estimate of drug-likeness (QED) is 0.591. The molecular weight excluding hydrogens is 356 g/mol. The van der Waals surface area contributed by atoms with Gasteiger partial charge < -0.3 is 20.1 Å². The molecule has 2 N–H and O–H groups in total. The summed E-state index contributed by atoms with van der Waals surface area (Å²) in [5.74, 6) is 0.304. The van der Waals surface area contributed by atoms with Crippen LogP contribution in [-0.2, 0) is 16.1 Å². The van der Waals surface area contributed by atoms with E-state index >= 15 is 0 Å². The third-order valence-corrected chi connectivity index (χ3v) is 4.08. The molecule has 0 heterocycles. The monoisotopic (exact) mass is 384 g/mol. The molecule has 0 aliphatic carbocycles. The van der Waals surface area contributed by atoms with E-state index in [1.165, 1.54) is 0 Å². The van der Waals surface area contributed by atoms with Crippen molar-refractivity contribution < 1.29 is 19.1 Å². The number of nitrogens with one attached hydrogen (secondary N) is 2. The predicted molar refractivity (Wildman–Crippen MR) is 109 cm³/mol. The summed E-state index contributed by atoms with van der Waals surface area (Å²) in [6.07, 6.45) is 2.32. The SMILES string of the molecule is CCCCC(NC(=O)Nc1ccc(OCc2ccccc2)cc1)C(=O)OCC. The van der Waals surface area contributed by atoms with E-state index in [4.69, 9.17) is 9.47 Å². The van der Waals surface area contributed by atoms with Crippen molar-refractivity contribution in [2.24, 2.45) is 0 Å². The van der Waals surface area contributed by atoms with Crippen LogP contribution in [0.25, 0.3) is 0 Å². The smallest absolute Gasteiger partial charge is 0.328 e. The largest absolute Gasteiger partial charge is 0.489 e. The van der Waals surface area contributed by atoms with Crippen molar-refractivity contribution in [3.05, 3.63) is 60.2 Å². The van der Waals surface area contributed by atoms with Crippen molar-refractivity contribution >= 4 is 17.7 Å². The van der Waals surface area contributed by atoms with Crippen molar-refractivity contribution in [2.45, 2.75) is 45.8 Å². The number of carbonyl (C=O) groups excluding carboxylic acids is 2. The van der Waals surface area contributed by atoms with E-state index in [-0.39, 0.29) is 6.61 Å². The van der Waals surface area contributed by atoms with E-state index in [9.17, 15) is 9.59 Å². The average molecular weight is 384 g/mol. The zero-order chi connectivity index (χ0) is 20.2. The number of ether oxygens (including phenoxy) is 2. The van der Waals surface area contributed by atoms with Gasteiger partial charge in [0.2, 0.25) is 0 Å². The van der Waals surface area contributed by atoms with Gasteiger partial charge in [-0.2, -0.15) is 0 Å². The van der Waals surface area contributed by atoms with Crippen LogP contribution in [-0.4, -0.2) is 24.6 Å². The Kier molecular flexibility index (Phi) is 8.85. The second-order valence-electron chi connectivity index (χ2n) is 6.34. The van der Waals surface area contributed by atoms with Gasteiger partial charge in [-0.1, -0.05) is 50.1 Å². The van der Waals surface area contributed by atoms with Gasteiger partial charge in [-0.25, -0.2) is 9.59 Å². The molecule has 0 aliphatic heterocycles. The summed E-state index contributed by atoms with van der Waals surface area (Å²) < 4.78 is 10.8. The van der Waals surface area contributed by atoms with E-state index in [2.05, 4.69) is 10.6 Å².